The van der Waals surface area contributed by atoms with Crippen molar-refractivity contribution >= 4 is 0 Å². The van der Waals surface area contributed by atoms with Crippen molar-refractivity contribution in [2.45, 2.75) is 26.1 Å². The fourth-order valence-electron chi connectivity index (χ4n) is 0.165. The normalized spacial score (nSPS) is 10.7. The minimum Gasteiger partial charge on any atom is -0.396 e. The van der Waals surface area contributed by atoms with E-state index in [2.05, 4.69) is 0 Å². The van der Waals surface area contributed by atoms with Crippen molar-refractivity contribution in [2.75, 3.05) is 39.6 Å². The Hall–Kier alpha value is -0.320. The van der Waals surface area contributed by atoms with Crippen molar-refractivity contribution in [3.8, 4) is 0 Å². The summed E-state index contributed by atoms with van der Waals surface area (Å²) in [6, 6.07) is 0. The molecule has 0 bridgehead atoms. The first-order valence-electron chi connectivity index (χ1n) is 5.75. The molecule has 0 aliphatic heterocycles. The van der Waals surface area contributed by atoms with Crippen molar-refractivity contribution in [1.29, 1.82) is 0 Å². The first-order chi connectivity index (χ1) is 8.74. The van der Waals surface area contributed by atoms with Crippen LogP contribution in [0.3, 0.4) is 0 Å². The monoisotopic (exact) mass is 288 g/mol. The fraction of sp³-hybridized carbons (Fsp3) is 1.00. The van der Waals surface area contributed by atoms with Gasteiger partial charge in [-0.05, 0) is 0 Å². The molecule has 0 aliphatic carbocycles. The molecule has 0 unspecified atom stereocenters. The van der Waals surface area contributed by atoms with E-state index in [1.807, 2.05) is 0 Å². The second-order valence-electron chi connectivity index (χ2n) is 4.52. The summed E-state index contributed by atoms with van der Waals surface area (Å²) in [7, 11) is 0. The Morgan fingerprint density at radius 3 is 0.842 bits per heavy atom. The molecule has 120 valence electrons. The largest absolute Gasteiger partial charge is 0.396 e. The Bertz CT molecular complexity index is 141. The van der Waals surface area contributed by atoms with Gasteiger partial charge in [-0.2, -0.15) is 0 Å². The molecule has 8 heteroatoms. The van der Waals surface area contributed by atoms with Crippen molar-refractivity contribution in [3.63, 3.8) is 0 Å². The second kappa shape index (κ2) is 15.7. The number of hydrogen-bond donors (Lipinski definition) is 8. The van der Waals surface area contributed by atoms with Gasteiger partial charge in [-0.15, -0.1) is 0 Å². The lowest BCUT2D eigenvalue weighted by molar-refractivity contribution is 0.0450. The quantitative estimate of drug-likeness (QED) is 0.251. The van der Waals surface area contributed by atoms with E-state index in [0.29, 0.717) is 0 Å². The van der Waals surface area contributed by atoms with Gasteiger partial charge >= 0.3 is 0 Å². The molecule has 8 N–H and O–H groups in total. The fourth-order valence-corrected chi connectivity index (χ4v) is 0.165. The van der Waals surface area contributed by atoms with Gasteiger partial charge in [0.25, 0.3) is 0 Å². The molecule has 0 radical (unpaired) electrons. The van der Waals surface area contributed by atoms with Crippen LogP contribution in [-0.4, -0.2) is 92.7 Å². The molecule has 0 aromatic carbocycles. The van der Waals surface area contributed by atoms with Gasteiger partial charge in [-0.25, -0.2) is 0 Å². The van der Waals surface area contributed by atoms with Gasteiger partial charge in [0.1, 0.15) is 12.2 Å². The van der Waals surface area contributed by atoms with E-state index in [1.165, 1.54) is 0 Å². The molecule has 0 aromatic rings. The van der Waals surface area contributed by atoms with Gasteiger partial charge in [-0.1, -0.05) is 13.8 Å². The summed E-state index contributed by atoms with van der Waals surface area (Å²) in [5, 5.41) is 64.9. The third-order valence-corrected chi connectivity index (χ3v) is 1.70. The Morgan fingerprint density at radius 1 is 0.632 bits per heavy atom. The maximum absolute atomic E-state index is 8.43. The lowest BCUT2D eigenvalue weighted by Crippen LogP contribution is -2.20. The van der Waals surface area contributed by atoms with Crippen LogP contribution in [0.15, 0.2) is 0 Å². The first-order valence-corrected chi connectivity index (χ1v) is 5.75. The summed E-state index contributed by atoms with van der Waals surface area (Å²) >= 11 is 0. The number of aliphatic hydroxyl groups is 8. The van der Waals surface area contributed by atoms with E-state index in [-0.39, 0.29) is 45.1 Å². The summed E-state index contributed by atoms with van der Waals surface area (Å²) in [5.41, 5.74) is -0.306. The predicted molar refractivity (Wildman–Crippen MR) is 68.3 cm³/mol. The van der Waals surface area contributed by atoms with Crippen LogP contribution in [0, 0.1) is 5.41 Å². The molecule has 0 spiro atoms. The number of hydrogen-bond acceptors (Lipinski definition) is 8. The molecule has 0 amide bonds. The zero-order chi connectivity index (χ0) is 15.9. The molecule has 0 rings (SSSR count). The summed E-state index contributed by atoms with van der Waals surface area (Å²) in [6.45, 7) is 2.23. The molecular weight excluding hydrogens is 260 g/mol. The van der Waals surface area contributed by atoms with E-state index >= 15 is 0 Å². The molecule has 0 saturated heterocycles. The Labute approximate surface area is 113 Å². The number of aliphatic hydroxyl groups excluding tert-OH is 8. The van der Waals surface area contributed by atoms with Crippen molar-refractivity contribution < 1.29 is 40.9 Å². The zero-order valence-electron chi connectivity index (χ0n) is 11.5. The Kier molecular flexibility index (Phi) is 19.7. The van der Waals surface area contributed by atoms with Crippen LogP contribution in [0.5, 0.6) is 0 Å². The highest BCUT2D eigenvalue weighted by molar-refractivity contribution is 4.62. The van der Waals surface area contributed by atoms with Gasteiger partial charge in [-0.3, -0.25) is 0 Å². The highest BCUT2D eigenvalue weighted by Crippen LogP contribution is 2.10. The third-order valence-electron chi connectivity index (χ3n) is 1.70. The highest BCUT2D eigenvalue weighted by Gasteiger charge is 2.13. The minimum absolute atomic E-state index is 0.0451. The van der Waals surface area contributed by atoms with E-state index in [9.17, 15) is 0 Å². The topological polar surface area (TPSA) is 162 Å². The Balaban J connectivity index is -0.000000203. The maximum Gasteiger partial charge on any atom is 0.100 e. The summed E-state index contributed by atoms with van der Waals surface area (Å²) in [6.07, 6.45) is -1.91. The van der Waals surface area contributed by atoms with Gasteiger partial charge < -0.3 is 40.9 Å². The van der Waals surface area contributed by atoms with Crippen LogP contribution in [0.2, 0.25) is 0 Å². The molecule has 0 aliphatic rings. The molecule has 0 fully saturated rings. The van der Waals surface area contributed by atoms with Crippen molar-refractivity contribution in [1.82, 2.24) is 0 Å². The minimum atomic E-state index is -0.954. The van der Waals surface area contributed by atoms with Crippen molar-refractivity contribution in [3.05, 3.63) is 0 Å². The molecule has 0 heterocycles. The van der Waals surface area contributed by atoms with Crippen molar-refractivity contribution in [2.24, 2.45) is 5.41 Å². The van der Waals surface area contributed by atoms with Crippen LogP contribution in [-0.2, 0) is 0 Å². The van der Waals surface area contributed by atoms with E-state index in [1.54, 1.807) is 13.8 Å². The SMILES string of the molecule is CC(C)(CO)CO.OCC(O)CO.OCC(O)CO. The lowest BCUT2D eigenvalue weighted by Gasteiger charge is -2.16. The average molecular weight is 288 g/mol. The van der Waals surface area contributed by atoms with Crippen LogP contribution in [0.4, 0.5) is 0 Å². The average Bonchev–Trinajstić information content (AvgIpc) is 2.46. The summed E-state index contributed by atoms with van der Waals surface area (Å²) in [4.78, 5) is 0. The van der Waals surface area contributed by atoms with Crippen LogP contribution in [0.25, 0.3) is 0 Å². The molecule has 0 saturated carbocycles. The van der Waals surface area contributed by atoms with Crippen LogP contribution < -0.4 is 0 Å². The smallest absolute Gasteiger partial charge is 0.100 e. The van der Waals surface area contributed by atoms with E-state index in [0.717, 1.165) is 0 Å². The summed E-state index contributed by atoms with van der Waals surface area (Å²) < 4.78 is 0. The zero-order valence-corrected chi connectivity index (χ0v) is 11.5. The summed E-state index contributed by atoms with van der Waals surface area (Å²) in [5.74, 6) is 0. The van der Waals surface area contributed by atoms with Gasteiger partial charge in [0, 0.05) is 5.41 Å². The van der Waals surface area contributed by atoms with E-state index < -0.39 is 12.2 Å². The highest BCUT2D eigenvalue weighted by atomic mass is 16.3. The molecular formula is C11H28O8. The maximum atomic E-state index is 8.43. The van der Waals surface area contributed by atoms with Gasteiger partial charge in [0.15, 0.2) is 0 Å². The van der Waals surface area contributed by atoms with E-state index in [4.69, 9.17) is 40.9 Å². The molecule has 0 atom stereocenters. The molecule has 8 nitrogen and oxygen atoms in total. The Morgan fingerprint density at radius 2 is 0.842 bits per heavy atom. The standard InChI is InChI=1S/C5H12O2.2C3H8O3/c1-5(2,3-6)4-7;2*4-1-3(6)2-5/h6-7H,3-4H2,1-2H3;2*3-6H,1-2H2. The van der Waals surface area contributed by atoms with Crippen LogP contribution >= 0.6 is 0 Å². The molecule has 0 aromatic heterocycles. The van der Waals surface area contributed by atoms with Gasteiger partial charge in [0.2, 0.25) is 0 Å². The van der Waals surface area contributed by atoms with Gasteiger partial charge in [0.05, 0.1) is 39.6 Å². The lowest BCUT2D eigenvalue weighted by atomic mass is 9.97. The third kappa shape index (κ3) is 23.2. The second-order valence-corrected chi connectivity index (χ2v) is 4.52. The number of rotatable bonds is 6. The van der Waals surface area contributed by atoms with Crippen LogP contribution in [0.1, 0.15) is 13.8 Å². The first kappa shape index (κ1) is 23.7. The predicted octanol–water partition coefficient (Wildman–Crippen LogP) is -3.34. The molecule has 19 heavy (non-hydrogen) atoms.